The Bertz CT molecular complexity index is 1100. The smallest absolute Gasteiger partial charge is 0.244 e. The summed E-state index contributed by atoms with van der Waals surface area (Å²) in [6, 6.07) is 19.6. The summed E-state index contributed by atoms with van der Waals surface area (Å²) < 4.78 is 11.6. The highest BCUT2D eigenvalue weighted by atomic mass is 16.5. The SMILES string of the molecule is CCC1(c2cccc(Oc3ccccc3)c2)C(C#N)=C(N)Oc2n[nH]c(C)c21. The molecular weight excluding hydrogens is 352 g/mol. The Kier molecular flexibility index (Phi) is 4.28. The number of H-pyrrole nitrogens is 1. The van der Waals surface area contributed by atoms with E-state index in [1.54, 1.807) is 0 Å². The molecule has 0 radical (unpaired) electrons. The lowest BCUT2D eigenvalue weighted by atomic mass is 9.66. The molecule has 140 valence electrons. The van der Waals surface area contributed by atoms with Crippen LogP contribution in [0, 0.1) is 18.3 Å². The third kappa shape index (κ3) is 2.60. The molecule has 2 heterocycles. The third-order valence-electron chi connectivity index (χ3n) is 5.17. The van der Waals surface area contributed by atoms with Gasteiger partial charge in [-0.3, -0.25) is 5.10 Å². The first kappa shape index (κ1) is 17.7. The van der Waals surface area contributed by atoms with Crippen molar-refractivity contribution < 1.29 is 9.47 Å². The first-order valence-electron chi connectivity index (χ1n) is 9.07. The van der Waals surface area contributed by atoms with Crippen molar-refractivity contribution in [2.24, 2.45) is 5.73 Å². The maximum absolute atomic E-state index is 9.92. The van der Waals surface area contributed by atoms with Gasteiger partial charge in [0.15, 0.2) is 0 Å². The van der Waals surface area contributed by atoms with Gasteiger partial charge in [-0.05, 0) is 43.2 Å². The lowest BCUT2D eigenvalue weighted by Gasteiger charge is -2.36. The van der Waals surface area contributed by atoms with Crippen LogP contribution in [0.3, 0.4) is 0 Å². The van der Waals surface area contributed by atoms with Crippen LogP contribution >= 0.6 is 0 Å². The number of nitriles is 1. The number of benzene rings is 2. The number of rotatable bonds is 4. The van der Waals surface area contributed by atoms with Gasteiger partial charge in [0, 0.05) is 5.69 Å². The van der Waals surface area contributed by atoms with Crippen molar-refractivity contribution in [3.8, 4) is 23.4 Å². The van der Waals surface area contributed by atoms with Gasteiger partial charge in [0.2, 0.25) is 11.8 Å². The van der Waals surface area contributed by atoms with Crippen molar-refractivity contribution in [2.75, 3.05) is 0 Å². The van der Waals surface area contributed by atoms with Crippen LogP contribution in [0.4, 0.5) is 0 Å². The van der Waals surface area contributed by atoms with E-state index >= 15 is 0 Å². The number of aromatic amines is 1. The summed E-state index contributed by atoms with van der Waals surface area (Å²) in [5.74, 6) is 1.91. The van der Waals surface area contributed by atoms with Crippen LogP contribution < -0.4 is 15.2 Å². The quantitative estimate of drug-likeness (QED) is 0.712. The van der Waals surface area contributed by atoms with E-state index in [9.17, 15) is 5.26 Å². The molecule has 0 amide bonds. The van der Waals surface area contributed by atoms with Gasteiger partial charge in [0.05, 0.1) is 11.0 Å². The molecule has 0 fully saturated rings. The third-order valence-corrected chi connectivity index (χ3v) is 5.17. The summed E-state index contributed by atoms with van der Waals surface area (Å²) in [4.78, 5) is 0. The zero-order valence-corrected chi connectivity index (χ0v) is 15.7. The van der Waals surface area contributed by atoms with E-state index in [1.165, 1.54) is 0 Å². The summed E-state index contributed by atoms with van der Waals surface area (Å²) in [6.45, 7) is 3.94. The van der Waals surface area contributed by atoms with Crippen molar-refractivity contribution in [3.63, 3.8) is 0 Å². The van der Waals surface area contributed by atoms with Crippen LogP contribution in [0.1, 0.15) is 30.2 Å². The van der Waals surface area contributed by atoms with Gasteiger partial charge in [0.25, 0.3) is 0 Å². The number of hydrogen-bond acceptors (Lipinski definition) is 5. The summed E-state index contributed by atoms with van der Waals surface area (Å²) in [6.07, 6.45) is 0.613. The first-order chi connectivity index (χ1) is 13.6. The summed E-state index contributed by atoms with van der Waals surface area (Å²) >= 11 is 0. The number of allylic oxidation sites excluding steroid dienone is 1. The standard InChI is InChI=1S/C22H20N4O2/c1-3-22(18(13-23)20(24)28-21-19(22)14(2)25-26-21)15-8-7-11-17(12-15)27-16-9-5-4-6-10-16/h4-12H,3,24H2,1-2H3,(H,25,26). The van der Waals surface area contributed by atoms with E-state index < -0.39 is 5.41 Å². The van der Waals surface area contributed by atoms with Gasteiger partial charge in [0.1, 0.15) is 23.1 Å². The highest BCUT2D eigenvalue weighted by Gasteiger charge is 2.47. The predicted octanol–water partition coefficient (Wildman–Crippen LogP) is 4.29. The topological polar surface area (TPSA) is 96.9 Å². The van der Waals surface area contributed by atoms with Crippen LogP contribution in [0.5, 0.6) is 17.4 Å². The Morgan fingerprint density at radius 1 is 1.18 bits per heavy atom. The van der Waals surface area contributed by atoms with Gasteiger partial charge >= 0.3 is 0 Å². The van der Waals surface area contributed by atoms with Crippen LogP contribution in [0.2, 0.25) is 0 Å². The number of aromatic nitrogens is 2. The summed E-state index contributed by atoms with van der Waals surface area (Å²) in [5, 5.41) is 17.1. The molecule has 1 aliphatic heterocycles. The normalized spacial score (nSPS) is 18.2. The van der Waals surface area contributed by atoms with E-state index in [0.29, 0.717) is 23.6 Å². The maximum Gasteiger partial charge on any atom is 0.244 e. The molecule has 1 aliphatic rings. The number of nitrogens with one attached hydrogen (secondary N) is 1. The van der Waals surface area contributed by atoms with E-state index in [4.69, 9.17) is 15.2 Å². The van der Waals surface area contributed by atoms with Gasteiger partial charge in [-0.2, -0.15) is 5.26 Å². The molecular formula is C22H20N4O2. The fourth-order valence-corrected chi connectivity index (χ4v) is 3.92. The second-order valence-electron chi connectivity index (χ2n) is 6.68. The number of ether oxygens (including phenoxy) is 2. The minimum atomic E-state index is -0.764. The minimum absolute atomic E-state index is 0.0812. The van der Waals surface area contributed by atoms with E-state index in [0.717, 1.165) is 22.6 Å². The van der Waals surface area contributed by atoms with Crippen LogP contribution in [0.25, 0.3) is 0 Å². The lowest BCUT2D eigenvalue weighted by molar-refractivity contribution is 0.352. The molecule has 0 aliphatic carbocycles. The lowest BCUT2D eigenvalue weighted by Crippen LogP contribution is -2.36. The van der Waals surface area contributed by atoms with Crippen molar-refractivity contribution in [1.82, 2.24) is 10.2 Å². The second-order valence-corrected chi connectivity index (χ2v) is 6.68. The Morgan fingerprint density at radius 3 is 2.64 bits per heavy atom. The predicted molar refractivity (Wildman–Crippen MR) is 105 cm³/mol. The average Bonchev–Trinajstić information content (AvgIpc) is 3.08. The molecule has 1 aromatic heterocycles. The molecule has 0 spiro atoms. The Balaban J connectivity index is 1.89. The number of para-hydroxylation sites is 1. The second kappa shape index (κ2) is 6.78. The van der Waals surface area contributed by atoms with E-state index in [1.807, 2.05) is 68.4 Å². The van der Waals surface area contributed by atoms with Crippen molar-refractivity contribution in [1.29, 1.82) is 5.26 Å². The molecule has 6 heteroatoms. The zero-order valence-electron chi connectivity index (χ0n) is 15.7. The van der Waals surface area contributed by atoms with Gasteiger partial charge in [-0.15, -0.1) is 5.10 Å². The van der Waals surface area contributed by atoms with Crippen LogP contribution in [-0.2, 0) is 5.41 Å². The van der Waals surface area contributed by atoms with E-state index in [2.05, 4.69) is 16.3 Å². The summed E-state index contributed by atoms with van der Waals surface area (Å²) in [7, 11) is 0. The molecule has 2 aromatic carbocycles. The Morgan fingerprint density at radius 2 is 1.93 bits per heavy atom. The van der Waals surface area contributed by atoms with Crippen LogP contribution in [0.15, 0.2) is 66.1 Å². The molecule has 1 atom stereocenters. The number of nitrogens with two attached hydrogens (primary N) is 1. The Hall–Kier alpha value is -3.72. The number of fused-ring (bicyclic) bond motifs is 1. The molecule has 1 unspecified atom stereocenters. The molecule has 4 rings (SSSR count). The highest BCUT2D eigenvalue weighted by Crippen LogP contribution is 2.50. The summed E-state index contributed by atoms with van der Waals surface area (Å²) in [5.41, 5.74) is 8.30. The minimum Gasteiger partial charge on any atom is -0.457 e. The van der Waals surface area contributed by atoms with Crippen molar-refractivity contribution in [3.05, 3.63) is 82.9 Å². The largest absolute Gasteiger partial charge is 0.457 e. The molecule has 3 N–H and O–H groups in total. The van der Waals surface area contributed by atoms with Crippen molar-refractivity contribution >= 4 is 0 Å². The van der Waals surface area contributed by atoms with Crippen molar-refractivity contribution in [2.45, 2.75) is 25.7 Å². The van der Waals surface area contributed by atoms with Gasteiger partial charge in [-0.25, -0.2) is 0 Å². The van der Waals surface area contributed by atoms with E-state index in [-0.39, 0.29) is 5.88 Å². The van der Waals surface area contributed by atoms with Gasteiger partial charge in [-0.1, -0.05) is 37.3 Å². The van der Waals surface area contributed by atoms with Gasteiger partial charge < -0.3 is 15.2 Å². The molecule has 6 nitrogen and oxygen atoms in total. The number of hydrogen-bond donors (Lipinski definition) is 2. The first-order valence-corrected chi connectivity index (χ1v) is 9.07. The monoisotopic (exact) mass is 372 g/mol. The number of nitrogens with zero attached hydrogens (tertiary/aromatic N) is 2. The molecule has 0 saturated heterocycles. The fourth-order valence-electron chi connectivity index (χ4n) is 3.92. The Labute approximate surface area is 163 Å². The number of aryl methyl sites for hydroxylation is 1. The maximum atomic E-state index is 9.92. The molecule has 0 saturated carbocycles. The zero-order chi connectivity index (χ0) is 19.7. The fraction of sp³-hybridized carbons (Fsp3) is 0.182. The molecule has 0 bridgehead atoms. The molecule has 28 heavy (non-hydrogen) atoms. The average molecular weight is 372 g/mol. The highest BCUT2D eigenvalue weighted by molar-refractivity contribution is 5.61. The van der Waals surface area contributed by atoms with Crippen LogP contribution in [-0.4, -0.2) is 10.2 Å². The molecule has 3 aromatic rings.